The minimum absolute atomic E-state index is 0. The van der Waals surface area contributed by atoms with Crippen LogP contribution in [0.2, 0.25) is 0 Å². The molecule has 0 atom stereocenters. The molecule has 1 aliphatic heterocycles. The molecule has 2 heterocycles. The maximum atomic E-state index is 12.8. The number of carbonyl (C=O) groups is 2. The van der Waals surface area contributed by atoms with E-state index in [1.165, 1.54) is 19.3 Å². The molecule has 3 N–H and O–H groups in total. The fourth-order valence-corrected chi connectivity index (χ4v) is 4.35. The molecule has 2 aliphatic rings. The summed E-state index contributed by atoms with van der Waals surface area (Å²) in [5.74, 6) is 0.743. The Bertz CT molecular complexity index is 655. The van der Waals surface area contributed by atoms with Crippen molar-refractivity contribution in [2.24, 2.45) is 17.1 Å². The average Bonchev–Trinajstić information content (AvgIpc) is 2.70. The Morgan fingerprint density at radius 3 is 2.38 bits per heavy atom. The van der Waals surface area contributed by atoms with E-state index in [0.717, 1.165) is 18.4 Å². The number of anilines is 1. The number of hydrogen-bond donors (Lipinski definition) is 2. The van der Waals surface area contributed by atoms with Gasteiger partial charge in [0.15, 0.2) is 0 Å². The monoisotopic (exact) mass is 444 g/mol. The summed E-state index contributed by atoms with van der Waals surface area (Å²) in [7, 11) is 0. The molecule has 1 saturated carbocycles. The SMILES string of the molecule is Cc1ccc(NC(=O)C2CCN(C(=O)CC3(CN)CCCCC3)CC2)nc1.Cl.Cl. The van der Waals surface area contributed by atoms with Gasteiger partial charge in [-0.2, -0.15) is 0 Å². The van der Waals surface area contributed by atoms with Gasteiger partial charge in [-0.05, 0) is 56.2 Å². The summed E-state index contributed by atoms with van der Waals surface area (Å²) in [5, 5.41) is 2.89. The van der Waals surface area contributed by atoms with Gasteiger partial charge in [-0.15, -0.1) is 24.8 Å². The summed E-state index contributed by atoms with van der Waals surface area (Å²) in [5.41, 5.74) is 7.09. The maximum absolute atomic E-state index is 12.8. The Balaban J connectivity index is 0.00000210. The molecule has 164 valence electrons. The third-order valence-corrected chi connectivity index (χ3v) is 6.25. The Kier molecular flexibility index (Phi) is 10.4. The molecule has 2 fully saturated rings. The molecule has 1 aromatic rings. The second kappa shape index (κ2) is 11.7. The number of aromatic nitrogens is 1. The van der Waals surface area contributed by atoms with Crippen LogP contribution in [0.25, 0.3) is 0 Å². The van der Waals surface area contributed by atoms with Crippen LogP contribution in [-0.2, 0) is 9.59 Å². The molecule has 6 nitrogen and oxygen atoms in total. The van der Waals surface area contributed by atoms with Gasteiger partial charge in [-0.3, -0.25) is 9.59 Å². The molecule has 29 heavy (non-hydrogen) atoms. The van der Waals surface area contributed by atoms with Gasteiger partial charge in [0.2, 0.25) is 11.8 Å². The molecule has 0 bridgehead atoms. The van der Waals surface area contributed by atoms with E-state index in [-0.39, 0.29) is 48.0 Å². The second-order valence-corrected chi connectivity index (χ2v) is 8.31. The minimum Gasteiger partial charge on any atom is -0.343 e. The number of amides is 2. The predicted octanol–water partition coefficient (Wildman–Crippen LogP) is 3.71. The van der Waals surface area contributed by atoms with Crippen molar-refractivity contribution in [1.82, 2.24) is 9.88 Å². The average molecular weight is 445 g/mol. The summed E-state index contributed by atoms with van der Waals surface area (Å²) >= 11 is 0. The maximum Gasteiger partial charge on any atom is 0.228 e. The van der Waals surface area contributed by atoms with Crippen LogP contribution in [0.3, 0.4) is 0 Å². The Morgan fingerprint density at radius 2 is 1.83 bits per heavy atom. The number of carbonyl (C=O) groups excluding carboxylic acids is 2. The number of piperidine rings is 1. The third kappa shape index (κ3) is 6.83. The fourth-order valence-electron chi connectivity index (χ4n) is 4.35. The smallest absolute Gasteiger partial charge is 0.228 e. The lowest BCUT2D eigenvalue weighted by atomic mass is 9.71. The van der Waals surface area contributed by atoms with Crippen LogP contribution >= 0.6 is 24.8 Å². The number of nitrogens with zero attached hydrogens (tertiary/aromatic N) is 2. The molecule has 0 unspecified atom stereocenters. The molecular weight excluding hydrogens is 411 g/mol. The molecule has 2 amide bonds. The van der Waals surface area contributed by atoms with E-state index in [0.29, 0.717) is 44.7 Å². The number of nitrogens with one attached hydrogen (secondary N) is 1. The van der Waals surface area contributed by atoms with E-state index in [1.807, 2.05) is 24.0 Å². The van der Waals surface area contributed by atoms with E-state index in [1.54, 1.807) is 6.20 Å². The Morgan fingerprint density at radius 1 is 1.17 bits per heavy atom. The standard InChI is InChI=1S/C21H32N4O2.2ClH/c1-16-5-6-18(23-14-16)24-20(27)17-7-11-25(12-8-17)19(26)13-21(15-22)9-3-2-4-10-21;;/h5-6,14,17H,2-4,7-13,15,22H2,1H3,(H,23,24,27);2*1H. The summed E-state index contributed by atoms with van der Waals surface area (Å²) in [6, 6.07) is 3.75. The quantitative estimate of drug-likeness (QED) is 0.723. The van der Waals surface area contributed by atoms with Gasteiger partial charge >= 0.3 is 0 Å². The van der Waals surface area contributed by atoms with Gasteiger partial charge in [-0.1, -0.05) is 25.3 Å². The largest absolute Gasteiger partial charge is 0.343 e. The molecule has 8 heteroatoms. The second-order valence-electron chi connectivity index (χ2n) is 8.31. The van der Waals surface area contributed by atoms with Crippen LogP contribution in [0, 0.1) is 18.3 Å². The highest BCUT2D eigenvalue weighted by atomic mass is 35.5. The van der Waals surface area contributed by atoms with E-state index in [9.17, 15) is 9.59 Å². The van der Waals surface area contributed by atoms with Crippen molar-refractivity contribution in [3.05, 3.63) is 23.9 Å². The van der Waals surface area contributed by atoms with Gasteiger partial charge < -0.3 is 16.0 Å². The summed E-state index contributed by atoms with van der Waals surface area (Å²) in [6.45, 7) is 3.87. The van der Waals surface area contributed by atoms with E-state index in [2.05, 4.69) is 10.3 Å². The van der Waals surface area contributed by atoms with Crippen molar-refractivity contribution in [3.63, 3.8) is 0 Å². The highest BCUT2D eigenvalue weighted by Gasteiger charge is 2.35. The Hall–Kier alpha value is -1.37. The molecular formula is C21H34Cl2N4O2. The van der Waals surface area contributed by atoms with Crippen LogP contribution in [0.4, 0.5) is 5.82 Å². The van der Waals surface area contributed by atoms with Crippen molar-refractivity contribution in [2.45, 2.75) is 58.3 Å². The Labute approximate surface area is 186 Å². The highest BCUT2D eigenvalue weighted by Crippen LogP contribution is 2.39. The van der Waals surface area contributed by atoms with Crippen LogP contribution in [0.15, 0.2) is 18.3 Å². The predicted molar refractivity (Wildman–Crippen MR) is 121 cm³/mol. The zero-order valence-corrected chi connectivity index (χ0v) is 18.8. The first-order chi connectivity index (χ1) is 13.0. The van der Waals surface area contributed by atoms with Crippen LogP contribution in [0.5, 0.6) is 0 Å². The molecule has 0 aromatic carbocycles. The number of nitrogens with two attached hydrogens (primary N) is 1. The van der Waals surface area contributed by atoms with E-state index >= 15 is 0 Å². The molecule has 0 spiro atoms. The number of pyridine rings is 1. The first kappa shape index (κ1) is 25.7. The number of aryl methyl sites for hydroxylation is 1. The number of rotatable bonds is 5. The van der Waals surface area contributed by atoms with Crippen LogP contribution < -0.4 is 11.1 Å². The normalized spacial score (nSPS) is 18.9. The first-order valence-electron chi connectivity index (χ1n) is 10.2. The van der Waals surface area contributed by atoms with Crippen molar-refractivity contribution in [3.8, 4) is 0 Å². The zero-order valence-electron chi connectivity index (χ0n) is 17.2. The van der Waals surface area contributed by atoms with Crippen molar-refractivity contribution in [2.75, 3.05) is 25.0 Å². The summed E-state index contributed by atoms with van der Waals surface area (Å²) < 4.78 is 0. The lowest BCUT2D eigenvalue weighted by molar-refractivity contribution is -0.137. The van der Waals surface area contributed by atoms with Gasteiger partial charge in [-0.25, -0.2) is 4.98 Å². The zero-order chi connectivity index (χ0) is 19.3. The number of likely N-dealkylation sites (tertiary alicyclic amines) is 1. The molecule has 1 saturated heterocycles. The van der Waals surface area contributed by atoms with Gasteiger partial charge in [0.1, 0.15) is 5.82 Å². The highest BCUT2D eigenvalue weighted by molar-refractivity contribution is 5.91. The molecule has 1 aliphatic carbocycles. The van der Waals surface area contributed by atoms with E-state index < -0.39 is 0 Å². The van der Waals surface area contributed by atoms with Gasteiger partial charge in [0.25, 0.3) is 0 Å². The number of halogens is 2. The minimum atomic E-state index is -0.0599. The van der Waals surface area contributed by atoms with Crippen molar-refractivity contribution >= 4 is 42.4 Å². The lowest BCUT2D eigenvalue weighted by Crippen LogP contribution is -2.45. The van der Waals surface area contributed by atoms with Gasteiger partial charge in [0, 0.05) is 31.6 Å². The van der Waals surface area contributed by atoms with Crippen molar-refractivity contribution in [1.29, 1.82) is 0 Å². The van der Waals surface area contributed by atoms with Crippen molar-refractivity contribution < 1.29 is 9.59 Å². The topological polar surface area (TPSA) is 88.3 Å². The summed E-state index contributed by atoms with van der Waals surface area (Å²) in [4.78, 5) is 31.4. The lowest BCUT2D eigenvalue weighted by Gasteiger charge is -2.38. The molecule has 0 radical (unpaired) electrons. The summed E-state index contributed by atoms with van der Waals surface area (Å²) in [6.07, 6.45) is 9.47. The fraction of sp³-hybridized carbons (Fsp3) is 0.667. The molecule has 3 rings (SSSR count). The van der Waals surface area contributed by atoms with Gasteiger partial charge in [0.05, 0.1) is 0 Å². The first-order valence-corrected chi connectivity index (χ1v) is 10.2. The van der Waals surface area contributed by atoms with Crippen LogP contribution in [0.1, 0.15) is 56.9 Å². The van der Waals surface area contributed by atoms with E-state index in [4.69, 9.17) is 5.73 Å². The third-order valence-electron chi connectivity index (χ3n) is 6.25. The number of hydrogen-bond acceptors (Lipinski definition) is 4. The molecule has 1 aromatic heterocycles. The van der Waals surface area contributed by atoms with Crippen LogP contribution in [-0.4, -0.2) is 41.3 Å².